The Bertz CT molecular complexity index is 309. The monoisotopic (exact) mass is 218 g/mol. The lowest BCUT2D eigenvalue weighted by Gasteiger charge is -2.16. The number of nitrogens with one attached hydrogen (secondary N) is 1. The maximum atomic E-state index is 12.7. The molecule has 0 spiro atoms. The molecule has 78 valence electrons. The molecule has 5 heteroatoms. The zero-order valence-electron chi connectivity index (χ0n) is 7.76. The maximum absolute atomic E-state index is 12.7. The number of hydrogen-bond donors (Lipinski definition) is 2. The largest absolute Gasteiger partial charge is 0.383 e. The quantitative estimate of drug-likeness (QED) is 0.597. The summed E-state index contributed by atoms with van der Waals surface area (Å²) < 4.78 is 17.7. The van der Waals surface area contributed by atoms with E-state index >= 15 is 0 Å². The summed E-state index contributed by atoms with van der Waals surface area (Å²) in [4.78, 5) is 0. The molecule has 3 nitrogen and oxygen atoms in total. The number of ether oxygens (including phenoxy) is 1. The lowest BCUT2D eigenvalue weighted by molar-refractivity contribution is 0.167. The molecule has 1 aromatic carbocycles. The van der Waals surface area contributed by atoms with Gasteiger partial charge in [0, 0.05) is 12.1 Å². The lowest BCUT2D eigenvalue weighted by atomic mass is 10.1. The van der Waals surface area contributed by atoms with Crippen LogP contribution in [0.1, 0.15) is 11.6 Å². The number of hydrogen-bond acceptors (Lipinski definition) is 3. The molecule has 3 N–H and O–H groups in total. The van der Waals surface area contributed by atoms with Gasteiger partial charge in [-0.2, -0.15) is 0 Å². The van der Waals surface area contributed by atoms with Crippen LogP contribution in [0, 0.1) is 5.82 Å². The van der Waals surface area contributed by atoms with Gasteiger partial charge in [-0.3, -0.25) is 11.3 Å². The van der Waals surface area contributed by atoms with E-state index in [0.29, 0.717) is 11.6 Å². The molecule has 1 atom stereocenters. The molecule has 0 bridgehead atoms. The third kappa shape index (κ3) is 2.65. The van der Waals surface area contributed by atoms with Crippen LogP contribution >= 0.6 is 11.6 Å². The molecule has 0 amide bonds. The zero-order valence-corrected chi connectivity index (χ0v) is 8.51. The van der Waals surface area contributed by atoms with E-state index in [1.54, 1.807) is 13.2 Å². The molecule has 0 aliphatic carbocycles. The average Bonchev–Trinajstić information content (AvgIpc) is 2.15. The summed E-state index contributed by atoms with van der Waals surface area (Å²) in [6.45, 7) is 0.377. The van der Waals surface area contributed by atoms with Crippen LogP contribution in [0.25, 0.3) is 0 Å². The minimum Gasteiger partial charge on any atom is -0.383 e. The first-order valence-electron chi connectivity index (χ1n) is 4.09. The molecule has 0 saturated carbocycles. The molecule has 0 aliphatic rings. The number of benzene rings is 1. The second-order valence-corrected chi connectivity index (χ2v) is 3.25. The van der Waals surface area contributed by atoms with Gasteiger partial charge in [0.1, 0.15) is 5.82 Å². The van der Waals surface area contributed by atoms with Crippen molar-refractivity contribution in [2.75, 3.05) is 13.7 Å². The zero-order chi connectivity index (χ0) is 10.6. The molecule has 0 radical (unpaired) electrons. The second-order valence-electron chi connectivity index (χ2n) is 2.84. The highest BCUT2D eigenvalue weighted by Gasteiger charge is 2.13. The molecule has 0 heterocycles. The van der Waals surface area contributed by atoms with Crippen molar-refractivity contribution in [3.63, 3.8) is 0 Å². The van der Waals surface area contributed by atoms with Crippen LogP contribution in [-0.2, 0) is 4.74 Å². The van der Waals surface area contributed by atoms with Crippen LogP contribution in [0.15, 0.2) is 18.2 Å². The molecule has 1 unspecified atom stereocenters. The minimum atomic E-state index is -0.369. The van der Waals surface area contributed by atoms with Gasteiger partial charge in [-0.05, 0) is 17.7 Å². The first kappa shape index (κ1) is 11.4. The van der Waals surface area contributed by atoms with E-state index in [4.69, 9.17) is 22.2 Å². The molecule has 0 aromatic heterocycles. The topological polar surface area (TPSA) is 47.3 Å². The summed E-state index contributed by atoms with van der Waals surface area (Å²) >= 11 is 5.85. The van der Waals surface area contributed by atoms with Gasteiger partial charge >= 0.3 is 0 Å². The molecular weight excluding hydrogens is 207 g/mol. The average molecular weight is 219 g/mol. The van der Waals surface area contributed by atoms with Crippen LogP contribution < -0.4 is 11.3 Å². The molecule has 1 aromatic rings. The summed E-state index contributed by atoms with van der Waals surface area (Å²) in [7, 11) is 1.56. The third-order valence-corrected chi connectivity index (χ3v) is 2.20. The Hall–Kier alpha value is -0.680. The van der Waals surface area contributed by atoms with E-state index in [2.05, 4.69) is 5.43 Å². The number of rotatable bonds is 4. The fourth-order valence-electron chi connectivity index (χ4n) is 1.18. The van der Waals surface area contributed by atoms with Crippen LogP contribution in [0.5, 0.6) is 0 Å². The van der Waals surface area contributed by atoms with Crippen molar-refractivity contribution in [3.8, 4) is 0 Å². The predicted octanol–water partition coefficient (Wildman–Crippen LogP) is 1.63. The van der Waals surface area contributed by atoms with E-state index in [1.165, 1.54) is 12.1 Å². The van der Waals surface area contributed by atoms with Crippen molar-refractivity contribution in [1.29, 1.82) is 0 Å². The van der Waals surface area contributed by atoms with Crippen molar-refractivity contribution >= 4 is 11.6 Å². The van der Waals surface area contributed by atoms with Gasteiger partial charge in [0.25, 0.3) is 0 Å². The number of hydrazine groups is 1. The fraction of sp³-hybridized carbons (Fsp3) is 0.333. The number of methoxy groups -OCH3 is 1. The normalized spacial score (nSPS) is 12.9. The van der Waals surface area contributed by atoms with Crippen LogP contribution in [0.3, 0.4) is 0 Å². The summed E-state index contributed by atoms with van der Waals surface area (Å²) in [6.07, 6.45) is 0. The van der Waals surface area contributed by atoms with Crippen molar-refractivity contribution in [2.45, 2.75) is 6.04 Å². The van der Waals surface area contributed by atoms with Gasteiger partial charge in [-0.25, -0.2) is 4.39 Å². The first-order valence-corrected chi connectivity index (χ1v) is 4.47. The fourth-order valence-corrected chi connectivity index (χ4v) is 1.48. The van der Waals surface area contributed by atoms with Crippen molar-refractivity contribution < 1.29 is 9.13 Å². The third-order valence-electron chi connectivity index (χ3n) is 1.87. The minimum absolute atomic E-state index is 0.229. The summed E-state index contributed by atoms with van der Waals surface area (Å²) in [5, 5.41) is 0.338. The summed E-state index contributed by atoms with van der Waals surface area (Å²) in [5.41, 5.74) is 3.27. The van der Waals surface area contributed by atoms with E-state index in [-0.39, 0.29) is 11.9 Å². The highest BCUT2D eigenvalue weighted by atomic mass is 35.5. The molecule has 0 fully saturated rings. The Morgan fingerprint density at radius 2 is 2.36 bits per heavy atom. The molecular formula is C9H12ClFN2O. The highest BCUT2D eigenvalue weighted by Crippen LogP contribution is 2.23. The van der Waals surface area contributed by atoms with Crippen LogP contribution in [-0.4, -0.2) is 13.7 Å². The van der Waals surface area contributed by atoms with Gasteiger partial charge in [0.05, 0.1) is 12.6 Å². The SMILES string of the molecule is COCC(NN)c1ccc(F)cc1Cl. The van der Waals surface area contributed by atoms with Crippen LogP contribution in [0.4, 0.5) is 4.39 Å². The van der Waals surface area contributed by atoms with E-state index in [9.17, 15) is 4.39 Å². The lowest BCUT2D eigenvalue weighted by Crippen LogP contribution is -2.31. The first-order chi connectivity index (χ1) is 6.69. The smallest absolute Gasteiger partial charge is 0.124 e. The Kier molecular flexibility index (Phi) is 4.28. The van der Waals surface area contributed by atoms with Gasteiger partial charge in [-0.1, -0.05) is 17.7 Å². The standard InChI is InChI=1S/C9H12ClFN2O/c1-14-5-9(13-12)7-3-2-6(11)4-8(7)10/h2-4,9,13H,5,12H2,1H3. The Morgan fingerprint density at radius 3 is 2.86 bits per heavy atom. The number of nitrogens with two attached hydrogens (primary N) is 1. The molecule has 1 rings (SSSR count). The predicted molar refractivity (Wildman–Crippen MR) is 53.4 cm³/mol. The molecule has 0 aliphatic heterocycles. The van der Waals surface area contributed by atoms with Crippen molar-refractivity contribution in [3.05, 3.63) is 34.6 Å². The number of halogens is 2. The molecule has 0 saturated heterocycles. The summed E-state index contributed by atoms with van der Waals surface area (Å²) in [6, 6.07) is 3.94. The van der Waals surface area contributed by atoms with Crippen molar-refractivity contribution in [2.24, 2.45) is 5.84 Å². The Labute approximate surface area is 87.0 Å². The van der Waals surface area contributed by atoms with Crippen LogP contribution in [0.2, 0.25) is 5.02 Å². The Morgan fingerprint density at radius 1 is 1.64 bits per heavy atom. The Balaban J connectivity index is 2.92. The van der Waals surface area contributed by atoms with Gasteiger partial charge in [-0.15, -0.1) is 0 Å². The van der Waals surface area contributed by atoms with Crippen molar-refractivity contribution in [1.82, 2.24) is 5.43 Å². The van der Waals surface area contributed by atoms with E-state index in [0.717, 1.165) is 5.56 Å². The van der Waals surface area contributed by atoms with Gasteiger partial charge in [0.2, 0.25) is 0 Å². The van der Waals surface area contributed by atoms with E-state index in [1.807, 2.05) is 0 Å². The maximum Gasteiger partial charge on any atom is 0.124 e. The molecule has 14 heavy (non-hydrogen) atoms. The van der Waals surface area contributed by atoms with Gasteiger partial charge in [0.15, 0.2) is 0 Å². The van der Waals surface area contributed by atoms with Gasteiger partial charge < -0.3 is 4.74 Å². The second kappa shape index (κ2) is 5.26. The summed E-state index contributed by atoms with van der Waals surface area (Å²) in [5.74, 6) is 4.95. The van der Waals surface area contributed by atoms with E-state index < -0.39 is 0 Å². The highest BCUT2D eigenvalue weighted by molar-refractivity contribution is 6.31.